The van der Waals surface area contributed by atoms with Crippen molar-refractivity contribution >= 4 is 23.6 Å². The Morgan fingerprint density at radius 2 is 0.976 bits per heavy atom. The number of methoxy groups -OCH3 is 4. The van der Waals surface area contributed by atoms with Crippen LogP contribution in [-0.4, -0.2) is 63.6 Å². The van der Waals surface area contributed by atoms with E-state index in [1.54, 1.807) is 0 Å². The fraction of sp³-hybridized carbons (Fsp3) is 0.440. The Bertz CT molecular complexity index is 1140. The summed E-state index contributed by atoms with van der Waals surface area (Å²) in [5.74, 6) is 0.878. The lowest BCUT2D eigenvalue weighted by molar-refractivity contribution is -0.386. The molecule has 2 aromatic carbocycles. The maximum absolute atomic E-state index is 12.0. The minimum atomic E-state index is -0.750. The first-order valence-electron chi connectivity index (χ1n) is 12.2. The molecular weight excluding hydrogens is 548 g/mol. The number of carbonyl (C=O) groups excluding carboxylic acids is 2. The maximum Gasteiger partial charge on any atom is 0.407 e. The molecule has 0 aliphatic carbocycles. The lowest BCUT2D eigenvalue weighted by atomic mass is 10.1. The number of hydrogen-bond donors (Lipinski definition) is 2. The number of unbranched alkanes of at least 4 members (excludes halogenated alkanes) is 2. The summed E-state index contributed by atoms with van der Waals surface area (Å²) in [7, 11) is 5.47. The summed E-state index contributed by atoms with van der Waals surface area (Å²) in [5.41, 5.74) is -0.269. The van der Waals surface area contributed by atoms with Gasteiger partial charge in [-0.25, -0.2) is 9.59 Å². The first kappa shape index (κ1) is 32.2. The van der Waals surface area contributed by atoms with E-state index in [0.29, 0.717) is 19.3 Å². The molecule has 0 fully saturated rings. The van der Waals surface area contributed by atoms with Gasteiger partial charge in [-0.1, -0.05) is 0 Å². The quantitative estimate of drug-likeness (QED) is 0.165. The molecule has 0 spiro atoms. The zero-order chi connectivity index (χ0) is 30.4. The molecule has 16 nitrogen and oxygen atoms in total. The molecule has 16 heteroatoms. The van der Waals surface area contributed by atoms with E-state index < -0.39 is 22.0 Å². The molecular formula is C25H32N4O12. The number of ether oxygens (including phenoxy) is 6. The van der Waals surface area contributed by atoms with Crippen LogP contribution in [-0.2, 0) is 22.7 Å². The van der Waals surface area contributed by atoms with Crippen molar-refractivity contribution < 1.29 is 47.9 Å². The Morgan fingerprint density at radius 1 is 0.634 bits per heavy atom. The van der Waals surface area contributed by atoms with Crippen LogP contribution in [0.1, 0.15) is 30.4 Å². The van der Waals surface area contributed by atoms with Crippen molar-refractivity contribution in [1.29, 1.82) is 0 Å². The normalized spacial score (nSPS) is 10.2. The van der Waals surface area contributed by atoms with Gasteiger partial charge >= 0.3 is 12.2 Å². The van der Waals surface area contributed by atoms with Gasteiger partial charge in [0.2, 0.25) is 0 Å². The first-order valence-corrected chi connectivity index (χ1v) is 12.2. The first-order chi connectivity index (χ1) is 19.6. The molecule has 0 aliphatic heterocycles. The smallest absolute Gasteiger partial charge is 0.407 e. The van der Waals surface area contributed by atoms with Gasteiger partial charge in [0.1, 0.15) is 13.2 Å². The molecule has 2 N–H and O–H groups in total. The van der Waals surface area contributed by atoms with Crippen LogP contribution >= 0.6 is 0 Å². The highest BCUT2D eigenvalue weighted by atomic mass is 16.6. The number of carbonyl (C=O) groups is 2. The van der Waals surface area contributed by atoms with Crippen molar-refractivity contribution in [2.75, 3.05) is 41.5 Å². The molecule has 0 bridgehead atoms. The monoisotopic (exact) mass is 580 g/mol. The highest BCUT2D eigenvalue weighted by Gasteiger charge is 2.22. The summed E-state index contributed by atoms with van der Waals surface area (Å²) < 4.78 is 30.6. The van der Waals surface area contributed by atoms with Crippen molar-refractivity contribution in [3.63, 3.8) is 0 Å². The minimum absolute atomic E-state index is 0.140. The molecule has 0 aromatic heterocycles. The number of rotatable bonds is 16. The lowest BCUT2D eigenvalue weighted by Gasteiger charge is -2.12. The van der Waals surface area contributed by atoms with E-state index in [2.05, 4.69) is 10.6 Å². The summed E-state index contributed by atoms with van der Waals surface area (Å²) in [6.07, 6.45) is 0.281. The van der Waals surface area contributed by atoms with Gasteiger partial charge in [0.05, 0.1) is 61.5 Å². The Labute approximate surface area is 235 Å². The van der Waals surface area contributed by atoms with E-state index in [1.165, 1.54) is 52.7 Å². The van der Waals surface area contributed by atoms with E-state index >= 15 is 0 Å². The Hall–Kier alpha value is -5.02. The number of nitrogens with zero attached hydrogens (tertiary/aromatic N) is 2. The molecule has 2 aromatic rings. The molecule has 41 heavy (non-hydrogen) atoms. The zero-order valence-corrected chi connectivity index (χ0v) is 23.1. The summed E-state index contributed by atoms with van der Waals surface area (Å²) >= 11 is 0. The van der Waals surface area contributed by atoms with E-state index in [4.69, 9.17) is 28.4 Å². The average Bonchev–Trinajstić information content (AvgIpc) is 2.97. The molecule has 2 amide bonds. The Morgan fingerprint density at radius 3 is 1.29 bits per heavy atom. The molecule has 0 atom stereocenters. The predicted molar refractivity (Wildman–Crippen MR) is 143 cm³/mol. The summed E-state index contributed by atoms with van der Waals surface area (Å²) in [6.45, 7) is -0.136. The topological polar surface area (TPSA) is 200 Å². The highest BCUT2D eigenvalue weighted by molar-refractivity contribution is 5.68. The van der Waals surface area contributed by atoms with Gasteiger partial charge in [-0.3, -0.25) is 20.2 Å². The number of alkyl carbamates (subject to hydrolysis) is 2. The lowest BCUT2D eigenvalue weighted by Crippen LogP contribution is -2.26. The van der Waals surface area contributed by atoms with Crippen molar-refractivity contribution in [2.45, 2.75) is 32.5 Å². The average molecular weight is 581 g/mol. The fourth-order valence-corrected chi connectivity index (χ4v) is 3.59. The van der Waals surface area contributed by atoms with Crippen LogP contribution in [0.3, 0.4) is 0 Å². The van der Waals surface area contributed by atoms with E-state index in [1.807, 2.05) is 0 Å². The second kappa shape index (κ2) is 16.2. The third kappa shape index (κ3) is 9.59. The van der Waals surface area contributed by atoms with Gasteiger partial charge in [-0.05, 0) is 31.4 Å². The number of amides is 2. The highest BCUT2D eigenvalue weighted by Crippen LogP contribution is 2.35. The van der Waals surface area contributed by atoms with E-state index in [-0.39, 0.29) is 71.8 Å². The predicted octanol–water partition coefficient (Wildman–Crippen LogP) is 3.86. The van der Waals surface area contributed by atoms with Crippen LogP contribution in [0.5, 0.6) is 23.0 Å². The molecule has 224 valence electrons. The van der Waals surface area contributed by atoms with Crippen LogP contribution in [0, 0.1) is 20.2 Å². The summed E-state index contributed by atoms with van der Waals surface area (Å²) in [6, 6.07) is 5.13. The molecule has 0 saturated heterocycles. The number of nitrogens with one attached hydrogen (secondary N) is 2. The van der Waals surface area contributed by atoms with Crippen LogP contribution in [0.4, 0.5) is 21.0 Å². The van der Waals surface area contributed by atoms with Gasteiger partial charge in [0.25, 0.3) is 11.4 Å². The SMILES string of the molecule is COc1cc(COC(=O)NCCCCCNC(=O)OCc2cc(OC)c(OC)cc2[N+](=O)[O-])c([N+](=O)[O-])cc1OC. The van der Waals surface area contributed by atoms with Crippen LogP contribution in [0.15, 0.2) is 24.3 Å². The van der Waals surface area contributed by atoms with Gasteiger partial charge < -0.3 is 39.1 Å². The summed E-state index contributed by atoms with van der Waals surface area (Å²) in [5, 5.41) is 27.8. The van der Waals surface area contributed by atoms with Gasteiger partial charge in [-0.15, -0.1) is 0 Å². The van der Waals surface area contributed by atoms with Gasteiger partial charge in [0.15, 0.2) is 23.0 Å². The number of nitro groups is 2. The van der Waals surface area contributed by atoms with Crippen LogP contribution < -0.4 is 29.6 Å². The third-order valence-corrected chi connectivity index (χ3v) is 5.67. The van der Waals surface area contributed by atoms with E-state index in [9.17, 15) is 29.8 Å². The molecule has 0 aliphatic rings. The molecule has 0 radical (unpaired) electrons. The van der Waals surface area contributed by atoms with Gasteiger partial charge in [-0.2, -0.15) is 0 Å². The zero-order valence-electron chi connectivity index (χ0n) is 23.1. The number of hydrogen-bond acceptors (Lipinski definition) is 12. The van der Waals surface area contributed by atoms with Crippen molar-refractivity contribution in [1.82, 2.24) is 10.6 Å². The minimum Gasteiger partial charge on any atom is -0.493 e. The van der Waals surface area contributed by atoms with Crippen LogP contribution in [0.2, 0.25) is 0 Å². The van der Waals surface area contributed by atoms with Gasteiger partial charge in [0, 0.05) is 13.1 Å². The van der Waals surface area contributed by atoms with Crippen molar-refractivity contribution in [3.8, 4) is 23.0 Å². The number of nitro benzene ring substituents is 2. The number of benzene rings is 2. The molecule has 0 saturated carbocycles. The Balaban J connectivity index is 1.69. The van der Waals surface area contributed by atoms with E-state index in [0.717, 1.165) is 0 Å². The van der Waals surface area contributed by atoms with Crippen molar-refractivity contribution in [3.05, 3.63) is 55.6 Å². The molecule has 2 rings (SSSR count). The second-order valence-corrected chi connectivity index (χ2v) is 8.25. The Kier molecular flexibility index (Phi) is 12.7. The maximum atomic E-state index is 12.0. The standard InChI is InChI=1S/C25H32N4O12/c1-36-20-10-16(18(28(32)33)12-22(20)38-3)14-40-24(30)26-8-6-5-7-9-27-25(31)41-15-17-11-21(37-2)23(39-4)13-19(17)29(34)35/h10-13H,5-9,14-15H2,1-4H3,(H,26,30)(H,27,31). The molecule has 0 heterocycles. The van der Waals surface area contributed by atoms with Crippen molar-refractivity contribution in [2.24, 2.45) is 0 Å². The third-order valence-electron chi connectivity index (χ3n) is 5.67. The fourth-order valence-electron chi connectivity index (χ4n) is 3.59. The van der Waals surface area contributed by atoms with Crippen LogP contribution in [0.25, 0.3) is 0 Å². The second-order valence-electron chi connectivity index (χ2n) is 8.25. The molecule has 0 unspecified atom stereocenters. The summed E-state index contributed by atoms with van der Waals surface area (Å²) in [4.78, 5) is 45.5. The largest absolute Gasteiger partial charge is 0.493 e.